The maximum absolute atomic E-state index is 11.5. The van der Waals surface area contributed by atoms with Crippen molar-refractivity contribution in [1.82, 2.24) is 16.0 Å². The lowest BCUT2D eigenvalue weighted by atomic mass is 10.1. The summed E-state index contributed by atoms with van der Waals surface area (Å²) in [6.45, 7) is 1.01. The molecule has 4 N–H and O–H groups in total. The summed E-state index contributed by atoms with van der Waals surface area (Å²) in [4.78, 5) is 32.7. The average molecular weight is 271 g/mol. The monoisotopic (exact) mass is 271 g/mol. The number of unbranched alkanes of at least 4 members (excludes halogenated alkanes) is 2. The van der Waals surface area contributed by atoms with Gasteiger partial charge in [-0.2, -0.15) is 0 Å². The van der Waals surface area contributed by atoms with Gasteiger partial charge in [0.2, 0.25) is 5.91 Å². The molecule has 3 amide bonds. The van der Waals surface area contributed by atoms with Crippen LogP contribution in [0.4, 0.5) is 4.79 Å². The zero-order valence-electron chi connectivity index (χ0n) is 10.9. The van der Waals surface area contributed by atoms with Crippen molar-refractivity contribution in [2.75, 3.05) is 13.1 Å². The van der Waals surface area contributed by atoms with Crippen LogP contribution in [0, 0.1) is 0 Å². The van der Waals surface area contributed by atoms with Gasteiger partial charge < -0.3 is 21.1 Å². The summed E-state index contributed by atoms with van der Waals surface area (Å²) < 4.78 is 0. The highest BCUT2D eigenvalue weighted by Gasteiger charge is 2.19. The first-order valence-corrected chi connectivity index (χ1v) is 6.61. The van der Waals surface area contributed by atoms with E-state index in [1.807, 2.05) is 0 Å². The number of piperidine rings is 1. The fraction of sp³-hybridized carbons (Fsp3) is 0.750. The number of nitrogens with one attached hydrogen (secondary N) is 3. The van der Waals surface area contributed by atoms with Gasteiger partial charge >= 0.3 is 12.0 Å². The number of rotatable bonds is 7. The molecular formula is C12H21N3O4. The Kier molecular flexibility index (Phi) is 6.70. The van der Waals surface area contributed by atoms with Crippen molar-refractivity contribution in [3.63, 3.8) is 0 Å². The van der Waals surface area contributed by atoms with Crippen LogP contribution >= 0.6 is 0 Å². The first-order valence-electron chi connectivity index (χ1n) is 6.61. The Hall–Kier alpha value is -1.79. The molecule has 0 aliphatic carbocycles. The maximum Gasteiger partial charge on any atom is 0.315 e. The summed E-state index contributed by atoms with van der Waals surface area (Å²) in [5, 5.41) is 16.7. The van der Waals surface area contributed by atoms with Crippen LogP contribution in [-0.4, -0.2) is 42.1 Å². The van der Waals surface area contributed by atoms with E-state index in [2.05, 4.69) is 16.0 Å². The molecule has 1 fully saturated rings. The Balaban J connectivity index is 1.99. The molecular weight excluding hydrogens is 250 g/mol. The van der Waals surface area contributed by atoms with E-state index >= 15 is 0 Å². The van der Waals surface area contributed by atoms with Crippen LogP contribution in [0.2, 0.25) is 0 Å². The van der Waals surface area contributed by atoms with Crippen molar-refractivity contribution in [2.45, 2.75) is 44.6 Å². The Morgan fingerprint density at radius 3 is 2.74 bits per heavy atom. The topological polar surface area (TPSA) is 108 Å². The molecule has 0 saturated carbocycles. The molecule has 0 radical (unpaired) electrons. The minimum atomic E-state index is -0.787. The molecule has 108 valence electrons. The number of carboxylic acids is 1. The van der Waals surface area contributed by atoms with E-state index in [1.54, 1.807) is 0 Å². The van der Waals surface area contributed by atoms with Gasteiger partial charge in [0.25, 0.3) is 0 Å². The summed E-state index contributed by atoms with van der Waals surface area (Å²) in [7, 11) is 0. The van der Waals surface area contributed by atoms with Crippen molar-refractivity contribution in [3.05, 3.63) is 0 Å². The fourth-order valence-corrected chi connectivity index (χ4v) is 1.87. The highest BCUT2D eigenvalue weighted by atomic mass is 16.4. The summed E-state index contributed by atoms with van der Waals surface area (Å²) in [6.07, 6.45) is 3.47. The second-order valence-corrected chi connectivity index (χ2v) is 4.64. The average Bonchev–Trinajstić information content (AvgIpc) is 2.36. The van der Waals surface area contributed by atoms with E-state index in [0.717, 1.165) is 12.8 Å². The zero-order valence-corrected chi connectivity index (χ0v) is 10.9. The summed E-state index contributed by atoms with van der Waals surface area (Å²) in [5.41, 5.74) is 0. The Morgan fingerprint density at radius 1 is 1.32 bits per heavy atom. The van der Waals surface area contributed by atoms with Crippen LogP contribution in [-0.2, 0) is 9.59 Å². The molecule has 1 aliphatic heterocycles. The molecule has 0 bridgehead atoms. The molecule has 0 aromatic rings. The van der Waals surface area contributed by atoms with E-state index in [-0.39, 0.29) is 24.4 Å². The van der Waals surface area contributed by atoms with Crippen LogP contribution in [0.1, 0.15) is 38.5 Å². The first-order chi connectivity index (χ1) is 9.08. The van der Waals surface area contributed by atoms with Crippen molar-refractivity contribution in [2.24, 2.45) is 0 Å². The highest BCUT2D eigenvalue weighted by Crippen LogP contribution is 2.02. The van der Waals surface area contributed by atoms with E-state index in [1.165, 1.54) is 0 Å². The van der Waals surface area contributed by atoms with Gasteiger partial charge in [-0.1, -0.05) is 6.42 Å². The van der Waals surface area contributed by atoms with Gasteiger partial charge in [0, 0.05) is 32.0 Å². The third kappa shape index (κ3) is 7.28. The van der Waals surface area contributed by atoms with Crippen LogP contribution < -0.4 is 16.0 Å². The number of carboxylic acid groups (broad SMARTS) is 1. The third-order valence-corrected chi connectivity index (χ3v) is 2.95. The molecule has 0 aromatic heterocycles. The maximum atomic E-state index is 11.5. The van der Waals surface area contributed by atoms with Crippen LogP contribution in [0.5, 0.6) is 0 Å². The quantitative estimate of drug-likeness (QED) is 0.496. The minimum Gasteiger partial charge on any atom is -0.481 e. The van der Waals surface area contributed by atoms with E-state index in [4.69, 9.17) is 5.11 Å². The van der Waals surface area contributed by atoms with Gasteiger partial charge in [-0.05, 0) is 19.3 Å². The van der Waals surface area contributed by atoms with Gasteiger partial charge in [-0.25, -0.2) is 4.79 Å². The Morgan fingerprint density at radius 2 is 2.11 bits per heavy atom. The number of aliphatic carboxylic acids is 1. The number of carbonyl (C=O) groups is 3. The molecule has 1 rings (SSSR count). The lowest BCUT2D eigenvalue weighted by molar-refractivity contribution is -0.137. The van der Waals surface area contributed by atoms with Crippen LogP contribution in [0.25, 0.3) is 0 Å². The number of amides is 3. The number of hydrogen-bond donors (Lipinski definition) is 4. The summed E-state index contributed by atoms with van der Waals surface area (Å²) in [5.74, 6) is -0.762. The lowest BCUT2D eigenvalue weighted by Crippen LogP contribution is -2.50. The van der Waals surface area contributed by atoms with Gasteiger partial charge in [-0.15, -0.1) is 0 Å². The minimum absolute atomic E-state index is 0.00953. The number of hydrogen-bond acceptors (Lipinski definition) is 3. The third-order valence-electron chi connectivity index (χ3n) is 2.95. The number of carbonyl (C=O) groups excluding carboxylic acids is 2. The van der Waals surface area contributed by atoms with Crippen molar-refractivity contribution in [1.29, 1.82) is 0 Å². The fourth-order valence-electron chi connectivity index (χ4n) is 1.87. The van der Waals surface area contributed by atoms with Gasteiger partial charge in [-0.3, -0.25) is 9.59 Å². The second kappa shape index (κ2) is 8.34. The smallest absolute Gasteiger partial charge is 0.315 e. The molecule has 1 heterocycles. The molecule has 1 saturated heterocycles. The van der Waals surface area contributed by atoms with E-state index in [9.17, 15) is 14.4 Å². The molecule has 0 spiro atoms. The largest absolute Gasteiger partial charge is 0.481 e. The van der Waals surface area contributed by atoms with Gasteiger partial charge in [0.1, 0.15) is 0 Å². The van der Waals surface area contributed by atoms with Gasteiger partial charge in [0.15, 0.2) is 0 Å². The van der Waals surface area contributed by atoms with Gasteiger partial charge in [0.05, 0.1) is 0 Å². The van der Waals surface area contributed by atoms with Crippen LogP contribution in [0.15, 0.2) is 0 Å². The molecule has 1 atom stereocenters. The normalized spacial score (nSPS) is 18.5. The SMILES string of the molecule is O=C(O)CCCCCNC(=O)NC1CCC(=O)NC1. The van der Waals surface area contributed by atoms with Crippen molar-refractivity contribution in [3.8, 4) is 0 Å². The molecule has 1 unspecified atom stereocenters. The Bertz CT molecular complexity index is 323. The molecule has 7 nitrogen and oxygen atoms in total. The predicted octanol–water partition coefficient (Wildman–Crippen LogP) is 0.209. The van der Waals surface area contributed by atoms with Crippen LogP contribution in [0.3, 0.4) is 0 Å². The summed E-state index contributed by atoms with van der Waals surface area (Å²) in [6, 6.07) is -0.246. The molecule has 19 heavy (non-hydrogen) atoms. The first kappa shape index (κ1) is 15.3. The highest BCUT2D eigenvalue weighted by molar-refractivity contribution is 5.78. The lowest BCUT2D eigenvalue weighted by Gasteiger charge is -2.23. The number of urea groups is 1. The zero-order chi connectivity index (χ0) is 14.1. The molecule has 7 heteroatoms. The predicted molar refractivity (Wildman–Crippen MR) is 68.7 cm³/mol. The van der Waals surface area contributed by atoms with E-state index in [0.29, 0.717) is 32.4 Å². The van der Waals surface area contributed by atoms with Crippen molar-refractivity contribution >= 4 is 17.9 Å². The van der Waals surface area contributed by atoms with Crippen molar-refractivity contribution < 1.29 is 19.5 Å². The summed E-state index contributed by atoms with van der Waals surface area (Å²) >= 11 is 0. The second-order valence-electron chi connectivity index (χ2n) is 4.64. The van der Waals surface area contributed by atoms with E-state index < -0.39 is 5.97 Å². The Labute approximate surface area is 112 Å². The molecule has 1 aliphatic rings. The standard InChI is InChI=1S/C12H21N3O4/c16-10-6-5-9(8-14-10)15-12(19)13-7-3-1-2-4-11(17)18/h9H,1-8H2,(H,14,16)(H,17,18)(H2,13,15,19). The molecule has 0 aromatic carbocycles.